The molecule has 1 heterocycles. The van der Waals surface area contributed by atoms with E-state index in [1.807, 2.05) is 6.92 Å². The molecule has 1 aromatic heterocycles. The number of hydrogen-bond donors (Lipinski definition) is 2. The van der Waals surface area contributed by atoms with E-state index in [4.69, 9.17) is 17.3 Å². The first-order valence-corrected chi connectivity index (χ1v) is 6.14. The van der Waals surface area contributed by atoms with Gasteiger partial charge in [0, 0.05) is 11.0 Å². The van der Waals surface area contributed by atoms with Gasteiger partial charge in [-0.2, -0.15) is 0 Å². The van der Waals surface area contributed by atoms with E-state index in [1.165, 1.54) is 0 Å². The van der Waals surface area contributed by atoms with E-state index in [1.54, 1.807) is 30.8 Å². The van der Waals surface area contributed by atoms with E-state index in [0.717, 1.165) is 5.69 Å². The fourth-order valence-electron chi connectivity index (χ4n) is 0.952. The number of anilines is 1. The highest BCUT2D eigenvalue weighted by molar-refractivity contribution is 7.99. The lowest BCUT2D eigenvalue weighted by molar-refractivity contribution is 0.196. The molecule has 0 aromatic carbocycles. The molecule has 0 saturated heterocycles. The van der Waals surface area contributed by atoms with Crippen LogP contribution in [0.5, 0.6) is 0 Å². The summed E-state index contributed by atoms with van der Waals surface area (Å²) in [6, 6.07) is 3.42. The summed E-state index contributed by atoms with van der Waals surface area (Å²) < 4.78 is 0. The molecule has 0 bridgehead atoms. The number of hydrogen-bond acceptors (Lipinski definition) is 4. The Morgan fingerprint density at radius 2 is 2.20 bits per heavy atom. The first-order valence-electron chi connectivity index (χ1n) is 4.71. The number of pyridine rings is 1. The minimum Gasteiger partial charge on any atom is -0.392 e. The van der Waals surface area contributed by atoms with Crippen LogP contribution < -0.4 is 5.73 Å². The van der Waals surface area contributed by atoms with Gasteiger partial charge in [-0.05, 0) is 19.1 Å². The maximum absolute atomic E-state index is 9.32. The van der Waals surface area contributed by atoms with Crippen molar-refractivity contribution in [3.05, 3.63) is 22.8 Å². The zero-order valence-electron chi connectivity index (χ0n) is 8.77. The van der Waals surface area contributed by atoms with Crippen molar-refractivity contribution in [3.8, 4) is 0 Å². The molecule has 0 aliphatic carbocycles. The first kappa shape index (κ1) is 12.6. The largest absolute Gasteiger partial charge is 0.392 e. The number of rotatable bonds is 4. The summed E-state index contributed by atoms with van der Waals surface area (Å²) >= 11 is 7.57. The third-order valence-electron chi connectivity index (χ3n) is 2.10. The number of nitrogens with two attached hydrogens (primary N) is 1. The van der Waals surface area contributed by atoms with Gasteiger partial charge in [0.05, 0.1) is 16.8 Å². The van der Waals surface area contributed by atoms with Gasteiger partial charge < -0.3 is 10.8 Å². The van der Waals surface area contributed by atoms with Gasteiger partial charge in [-0.1, -0.05) is 18.5 Å². The minimum atomic E-state index is -0.338. The average molecular weight is 247 g/mol. The molecule has 0 amide bonds. The normalized spacial score (nSPS) is 14.9. The molecule has 0 fully saturated rings. The number of halogens is 1. The van der Waals surface area contributed by atoms with Crippen molar-refractivity contribution in [1.82, 2.24) is 4.98 Å². The summed E-state index contributed by atoms with van der Waals surface area (Å²) in [6.45, 7) is 3.74. The predicted molar refractivity (Wildman–Crippen MR) is 66.1 cm³/mol. The Hall–Kier alpha value is -0.450. The second-order valence-electron chi connectivity index (χ2n) is 3.42. The van der Waals surface area contributed by atoms with Gasteiger partial charge in [0.25, 0.3) is 0 Å². The Bertz CT molecular complexity index is 333. The third-order valence-corrected chi connectivity index (χ3v) is 3.81. The number of nitrogen functional groups attached to an aromatic ring is 1. The lowest BCUT2D eigenvalue weighted by Crippen LogP contribution is -2.15. The van der Waals surface area contributed by atoms with Crippen LogP contribution in [0.3, 0.4) is 0 Å². The van der Waals surface area contributed by atoms with Gasteiger partial charge in [-0.3, -0.25) is 0 Å². The third kappa shape index (κ3) is 3.89. The van der Waals surface area contributed by atoms with Crippen molar-refractivity contribution < 1.29 is 5.11 Å². The Balaban J connectivity index is 2.61. The molecule has 1 aromatic rings. The first-order chi connectivity index (χ1) is 7.00. The maximum atomic E-state index is 9.32. The van der Waals surface area contributed by atoms with Crippen LogP contribution in [0.1, 0.15) is 19.5 Å². The summed E-state index contributed by atoms with van der Waals surface area (Å²) in [5.41, 5.74) is 6.34. The second-order valence-corrected chi connectivity index (χ2v) is 5.19. The Kier molecular flexibility index (Phi) is 4.70. The number of thioether (sulfide) groups is 1. The molecule has 2 unspecified atom stereocenters. The summed E-state index contributed by atoms with van der Waals surface area (Å²) in [4.78, 5) is 4.15. The smallest absolute Gasteiger partial charge is 0.123 e. The topological polar surface area (TPSA) is 59.1 Å². The minimum absolute atomic E-state index is 0.157. The molecule has 5 heteroatoms. The van der Waals surface area contributed by atoms with E-state index in [0.29, 0.717) is 16.6 Å². The molecule has 0 spiro atoms. The van der Waals surface area contributed by atoms with Gasteiger partial charge in [0.2, 0.25) is 0 Å². The molecule has 0 saturated carbocycles. The Morgan fingerprint density at radius 1 is 1.53 bits per heavy atom. The quantitative estimate of drug-likeness (QED) is 0.856. The van der Waals surface area contributed by atoms with Gasteiger partial charge in [-0.25, -0.2) is 4.98 Å². The molecule has 0 aliphatic rings. The van der Waals surface area contributed by atoms with Crippen LogP contribution >= 0.6 is 23.4 Å². The van der Waals surface area contributed by atoms with Gasteiger partial charge in [0.1, 0.15) is 5.82 Å². The zero-order valence-corrected chi connectivity index (χ0v) is 10.3. The van der Waals surface area contributed by atoms with Crippen molar-refractivity contribution in [1.29, 1.82) is 0 Å². The molecule has 15 heavy (non-hydrogen) atoms. The van der Waals surface area contributed by atoms with E-state index in [-0.39, 0.29) is 11.4 Å². The van der Waals surface area contributed by atoms with Gasteiger partial charge in [0.15, 0.2) is 0 Å². The summed E-state index contributed by atoms with van der Waals surface area (Å²) in [6.07, 6.45) is -0.338. The van der Waals surface area contributed by atoms with Gasteiger partial charge in [-0.15, -0.1) is 11.8 Å². The Morgan fingerprint density at radius 3 is 2.80 bits per heavy atom. The van der Waals surface area contributed by atoms with Crippen molar-refractivity contribution in [2.24, 2.45) is 0 Å². The van der Waals surface area contributed by atoms with Crippen molar-refractivity contribution in [2.45, 2.75) is 31.0 Å². The van der Waals surface area contributed by atoms with Crippen LogP contribution in [0.4, 0.5) is 5.82 Å². The predicted octanol–water partition coefficient (Wildman–Crippen LogP) is 2.32. The maximum Gasteiger partial charge on any atom is 0.123 e. The highest BCUT2D eigenvalue weighted by Gasteiger charge is 2.11. The van der Waals surface area contributed by atoms with Crippen LogP contribution in [0.15, 0.2) is 12.1 Å². The van der Waals surface area contributed by atoms with Crippen molar-refractivity contribution in [2.75, 3.05) is 5.73 Å². The van der Waals surface area contributed by atoms with Crippen LogP contribution in [-0.4, -0.2) is 21.4 Å². The summed E-state index contributed by atoms with van der Waals surface area (Å²) in [7, 11) is 0. The van der Waals surface area contributed by atoms with E-state index in [9.17, 15) is 5.11 Å². The summed E-state index contributed by atoms with van der Waals surface area (Å²) in [5, 5.41) is 10.1. The molecular weight excluding hydrogens is 232 g/mol. The lowest BCUT2D eigenvalue weighted by atomic mass is 10.3. The lowest BCUT2D eigenvalue weighted by Gasteiger charge is -2.14. The molecular formula is C10H15ClN2OS. The molecule has 1 rings (SSSR count). The van der Waals surface area contributed by atoms with Crippen LogP contribution in [0.25, 0.3) is 0 Å². The fourth-order valence-corrected chi connectivity index (χ4v) is 2.12. The van der Waals surface area contributed by atoms with E-state index < -0.39 is 0 Å². The number of aliphatic hydroxyl groups excluding tert-OH is 1. The Labute approximate surface area is 99.0 Å². The fraction of sp³-hybridized carbons (Fsp3) is 0.500. The monoisotopic (exact) mass is 246 g/mol. The summed E-state index contributed by atoms with van der Waals surface area (Å²) in [5.74, 6) is 1.13. The number of nitrogens with zero attached hydrogens (tertiary/aromatic N) is 1. The average Bonchev–Trinajstić information content (AvgIpc) is 2.18. The van der Waals surface area contributed by atoms with Crippen LogP contribution in [0.2, 0.25) is 5.02 Å². The second kappa shape index (κ2) is 5.58. The van der Waals surface area contributed by atoms with Crippen LogP contribution in [0, 0.1) is 0 Å². The highest BCUT2D eigenvalue weighted by Crippen LogP contribution is 2.24. The molecule has 84 valence electrons. The molecule has 0 aliphatic heterocycles. The van der Waals surface area contributed by atoms with Crippen molar-refractivity contribution in [3.63, 3.8) is 0 Å². The number of aromatic nitrogens is 1. The highest BCUT2D eigenvalue weighted by atomic mass is 35.5. The SMILES string of the molecule is CC(O)C(C)SCc1nc(N)ccc1Cl. The molecule has 2 atom stereocenters. The molecule has 0 radical (unpaired) electrons. The standard InChI is InChI=1S/C10H15ClN2OS/c1-6(14)7(2)15-5-9-8(11)3-4-10(12)13-9/h3-4,6-7,14H,5H2,1-2H3,(H2,12,13). The van der Waals surface area contributed by atoms with Gasteiger partial charge >= 0.3 is 0 Å². The zero-order chi connectivity index (χ0) is 11.4. The van der Waals surface area contributed by atoms with Crippen LogP contribution in [-0.2, 0) is 5.75 Å². The molecule has 3 N–H and O–H groups in total. The van der Waals surface area contributed by atoms with Crippen molar-refractivity contribution >= 4 is 29.2 Å². The van der Waals surface area contributed by atoms with E-state index >= 15 is 0 Å². The molecule has 3 nitrogen and oxygen atoms in total. The van der Waals surface area contributed by atoms with E-state index in [2.05, 4.69) is 4.98 Å². The number of aliphatic hydroxyl groups is 1.